The summed E-state index contributed by atoms with van der Waals surface area (Å²) < 4.78 is 5.69. The fourth-order valence-electron chi connectivity index (χ4n) is 2.28. The van der Waals surface area contributed by atoms with Crippen molar-refractivity contribution in [2.75, 3.05) is 26.8 Å². The van der Waals surface area contributed by atoms with Crippen molar-refractivity contribution in [1.29, 1.82) is 0 Å². The van der Waals surface area contributed by atoms with E-state index in [9.17, 15) is 0 Å². The molecule has 0 aromatic carbocycles. The molecule has 0 aliphatic heterocycles. The third-order valence-electron chi connectivity index (χ3n) is 3.58. The molecule has 90 valence electrons. The standard InChI is InChI=1S/C13H27NO/c1-12(2)5-9-15-10-8-13(11-14-3)6-4-7-13/h12,14H,4-11H2,1-3H3. The smallest absolute Gasteiger partial charge is 0.0471 e. The minimum atomic E-state index is 0.576. The topological polar surface area (TPSA) is 21.3 Å². The van der Waals surface area contributed by atoms with Crippen LogP contribution in [0.4, 0.5) is 0 Å². The van der Waals surface area contributed by atoms with Gasteiger partial charge in [0, 0.05) is 19.8 Å². The summed E-state index contributed by atoms with van der Waals surface area (Å²) in [5.41, 5.74) is 0.576. The van der Waals surface area contributed by atoms with Crippen molar-refractivity contribution in [3.05, 3.63) is 0 Å². The zero-order valence-corrected chi connectivity index (χ0v) is 10.6. The summed E-state index contributed by atoms with van der Waals surface area (Å²) in [7, 11) is 2.06. The van der Waals surface area contributed by atoms with Gasteiger partial charge in [0.1, 0.15) is 0 Å². The van der Waals surface area contributed by atoms with E-state index in [0.717, 1.165) is 19.1 Å². The molecule has 1 aliphatic rings. The van der Waals surface area contributed by atoms with E-state index >= 15 is 0 Å². The maximum absolute atomic E-state index is 5.69. The molecule has 0 radical (unpaired) electrons. The molecule has 15 heavy (non-hydrogen) atoms. The summed E-state index contributed by atoms with van der Waals surface area (Å²) in [6.45, 7) is 7.55. The Balaban J connectivity index is 2.02. The molecule has 2 nitrogen and oxygen atoms in total. The lowest BCUT2D eigenvalue weighted by atomic mass is 9.67. The van der Waals surface area contributed by atoms with Crippen LogP contribution in [0.5, 0.6) is 0 Å². The first-order chi connectivity index (χ1) is 7.18. The number of rotatable bonds is 8. The maximum Gasteiger partial charge on any atom is 0.0471 e. The number of hydrogen-bond donors (Lipinski definition) is 1. The van der Waals surface area contributed by atoms with Gasteiger partial charge < -0.3 is 10.1 Å². The second-order valence-electron chi connectivity index (χ2n) is 5.43. The molecule has 0 heterocycles. The number of hydrogen-bond acceptors (Lipinski definition) is 2. The Morgan fingerprint density at radius 1 is 1.27 bits per heavy atom. The fraction of sp³-hybridized carbons (Fsp3) is 1.00. The first kappa shape index (κ1) is 13.0. The Morgan fingerprint density at radius 3 is 2.47 bits per heavy atom. The van der Waals surface area contributed by atoms with Gasteiger partial charge in [0.25, 0.3) is 0 Å². The number of nitrogens with one attached hydrogen (secondary N) is 1. The highest BCUT2D eigenvalue weighted by Gasteiger charge is 2.35. The monoisotopic (exact) mass is 213 g/mol. The van der Waals surface area contributed by atoms with Crippen molar-refractivity contribution in [1.82, 2.24) is 5.32 Å². The van der Waals surface area contributed by atoms with E-state index in [4.69, 9.17) is 4.74 Å². The summed E-state index contributed by atoms with van der Waals surface area (Å²) in [5.74, 6) is 0.764. The van der Waals surface area contributed by atoms with Gasteiger partial charge >= 0.3 is 0 Å². The third-order valence-corrected chi connectivity index (χ3v) is 3.58. The number of ether oxygens (including phenoxy) is 1. The van der Waals surface area contributed by atoms with Crippen LogP contribution in [0.2, 0.25) is 0 Å². The molecule has 0 unspecified atom stereocenters. The first-order valence-electron chi connectivity index (χ1n) is 6.41. The Bertz CT molecular complexity index is 164. The molecule has 1 aliphatic carbocycles. The average Bonchev–Trinajstić information content (AvgIpc) is 2.12. The minimum absolute atomic E-state index is 0.576. The lowest BCUT2D eigenvalue weighted by Crippen LogP contribution is -2.39. The van der Waals surface area contributed by atoms with Gasteiger partial charge in [-0.1, -0.05) is 20.3 Å². The molecule has 2 heteroatoms. The molecule has 1 saturated carbocycles. The SMILES string of the molecule is CNCC1(CCOCCC(C)C)CCC1. The van der Waals surface area contributed by atoms with Crippen LogP contribution >= 0.6 is 0 Å². The second-order valence-corrected chi connectivity index (χ2v) is 5.43. The van der Waals surface area contributed by atoms with Crippen molar-refractivity contribution >= 4 is 0 Å². The van der Waals surface area contributed by atoms with E-state index in [1.807, 2.05) is 0 Å². The summed E-state index contributed by atoms with van der Waals surface area (Å²) in [6.07, 6.45) is 6.63. The van der Waals surface area contributed by atoms with Crippen molar-refractivity contribution in [2.45, 2.75) is 46.0 Å². The van der Waals surface area contributed by atoms with Gasteiger partial charge in [-0.2, -0.15) is 0 Å². The van der Waals surface area contributed by atoms with Gasteiger partial charge in [0.15, 0.2) is 0 Å². The van der Waals surface area contributed by atoms with Crippen molar-refractivity contribution in [2.24, 2.45) is 11.3 Å². The molecule has 0 atom stereocenters. The lowest BCUT2D eigenvalue weighted by molar-refractivity contribution is 0.0474. The molecule has 1 fully saturated rings. The molecule has 0 bridgehead atoms. The molecule has 0 saturated heterocycles. The predicted octanol–water partition coefficient (Wildman–Crippen LogP) is 2.83. The van der Waals surface area contributed by atoms with E-state index in [-0.39, 0.29) is 0 Å². The van der Waals surface area contributed by atoms with E-state index in [0.29, 0.717) is 5.41 Å². The Kier molecular flexibility index (Phi) is 5.62. The summed E-state index contributed by atoms with van der Waals surface area (Å²) in [4.78, 5) is 0. The fourth-order valence-corrected chi connectivity index (χ4v) is 2.28. The summed E-state index contributed by atoms with van der Waals surface area (Å²) in [6, 6.07) is 0. The van der Waals surface area contributed by atoms with Gasteiger partial charge in [-0.25, -0.2) is 0 Å². The van der Waals surface area contributed by atoms with Crippen LogP contribution in [0.1, 0.15) is 46.0 Å². The van der Waals surface area contributed by atoms with E-state index < -0.39 is 0 Å². The largest absolute Gasteiger partial charge is 0.381 e. The van der Waals surface area contributed by atoms with Crippen LogP contribution < -0.4 is 5.32 Å². The molecule has 0 amide bonds. The van der Waals surface area contributed by atoms with Crippen LogP contribution in [0, 0.1) is 11.3 Å². The minimum Gasteiger partial charge on any atom is -0.381 e. The van der Waals surface area contributed by atoms with Crippen LogP contribution in [0.15, 0.2) is 0 Å². The Hall–Kier alpha value is -0.0800. The van der Waals surface area contributed by atoms with Crippen LogP contribution in [-0.4, -0.2) is 26.8 Å². The van der Waals surface area contributed by atoms with Crippen molar-refractivity contribution in [3.63, 3.8) is 0 Å². The maximum atomic E-state index is 5.69. The van der Waals surface area contributed by atoms with Crippen LogP contribution in [0.25, 0.3) is 0 Å². The quantitative estimate of drug-likeness (QED) is 0.626. The van der Waals surface area contributed by atoms with Crippen molar-refractivity contribution in [3.8, 4) is 0 Å². The highest BCUT2D eigenvalue weighted by atomic mass is 16.5. The predicted molar refractivity (Wildman–Crippen MR) is 65.1 cm³/mol. The van der Waals surface area contributed by atoms with Crippen LogP contribution in [0.3, 0.4) is 0 Å². The molecule has 1 N–H and O–H groups in total. The van der Waals surface area contributed by atoms with Gasteiger partial charge in [-0.15, -0.1) is 0 Å². The normalized spacial score (nSPS) is 19.2. The molecular weight excluding hydrogens is 186 g/mol. The Morgan fingerprint density at radius 2 is 2.00 bits per heavy atom. The molecule has 1 rings (SSSR count). The molecule has 0 aromatic heterocycles. The van der Waals surface area contributed by atoms with Gasteiger partial charge in [-0.05, 0) is 44.1 Å². The lowest BCUT2D eigenvalue weighted by Gasteiger charge is -2.42. The second kappa shape index (κ2) is 6.49. The van der Waals surface area contributed by atoms with E-state index in [1.54, 1.807) is 0 Å². The van der Waals surface area contributed by atoms with E-state index in [2.05, 4.69) is 26.2 Å². The van der Waals surface area contributed by atoms with Gasteiger partial charge in [0.2, 0.25) is 0 Å². The molecule has 0 aromatic rings. The highest BCUT2D eigenvalue weighted by molar-refractivity contribution is 4.88. The van der Waals surface area contributed by atoms with Gasteiger partial charge in [-0.3, -0.25) is 0 Å². The summed E-state index contributed by atoms with van der Waals surface area (Å²) in [5, 5.41) is 3.31. The summed E-state index contributed by atoms with van der Waals surface area (Å²) >= 11 is 0. The zero-order valence-electron chi connectivity index (χ0n) is 10.6. The molecular formula is C13H27NO. The van der Waals surface area contributed by atoms with Gasteiger partial charge in [0.05, 0.1) is 0 Å². The van der Waals surface area contributed by atoms with E-state index in [1.165, 1.54) is 38.6 Å². The van der Waals surface area contributed by atoms with Crippen LogP contribution in [-0.2, 0) is 4.74 Å². The first-order valence-corrected chi connectivity index (χ1v) is 6.41. The highest BCUT2D eigenvalue weighted by Crippen LogP contribution is 2.43. The average molecular weight is 213 g/mol. The zero-order chi connectivity index (χ0) is 11.1. The third kappa shape index (κ3) is 4.52. The van der Waals surface area contributed by atoms with Crippen molar-refractivity contribution < 1.29 is 4.74 Å². The molecule has 0 spiro atoms. The Labute approximate surface area is 94.8 Å².